The molecule has 3 N–H and O–H groups in total. The molecule has 0 fully saturated rings. The van der Waals surface area contributed by atoms with Gasteiger partial charge in [0, 0.05) is 22.5 Å². The average Bonchev–Trinajstić information content (AvgIpc) is 3.13. The van der Waals surface area contributed by atoms with Gasteiger partial charge < -0.3 is 15.4 Å². The molecule has 33 heavy (non-hydrogen) atoms. The van der Waals surface area contributed by atoms with Crippen molar-refractivity contribution < 1.29 is 9.90 Å². The zero-order chi connectivity index (χ0) is 23.1. The topological polar surface area (TPSA) is 92.0 Å². The molecule has 0 aliphatic carbocycles. The van der Waals surface area contributed by atoms with E-state index in [1.807, 2.05) is 47.0 Å². The van der Waals surface area contributed by atoms with Crippen molar-refractivity contribution >= 4 is 39.3 Å². The highest BCUT2D eigenvalue weighted by Crippen LogP contribution is 2.40. The number of aromatic hydroxyl groups is 1. The number of amides is 1. The molecular weight excluding hydrogens is 434 g/mol. The van der Waals surface area contributed by atoms with Crippen LogP contribution in [0.15, 0.2) is 78.9 Å². The van der Waals surface area contributed by atoms with Crippen LogP contribution in [0.25, 0.3) is 32.9 Å². The number of rotatable bonds is 4. The van der Waals surface area contributed by atoms with Crippen LogP contribution in [0.3, 0.4) is 0 Å². The monoisotopic (exact) mass is 451 g/mol. The van der Waals surface area contributed by atoms with E-state index in [1.165, 1.54) is 0 Å². The van der Waals surface area contributed by atoms with Gasteiger partial charge in [-0.1, -0.05) is 41.9 Å². The normalized spacial score (nSPS) is 11.0. The molecule has 0 aliphatic rings. The number of primary amides is 1. The highest BCUT2D eigenvalue weighted by molar-refractivity contribution is 6.30. The number of carbonyl (C=O) groups is 1. The molecule has 0 spiro atoms. The van der Waals surface area contributed by atoms with Crippen molar-refractivity contribution in [2.24, 2.45) is 5.73 Å². The summed E-state index contributed by atoms with van der Waals surface area (Å²) in [6.45, 7) is 0.446. The van der Waals surface area contributed by atoms with Gasteiger partial charge in [-0.05, 0) is 65.2 Å². The number of benzene rings is 4. The van der Waals surface area contributed by atoms with E-state index < -0.39 is 5.91 Å². The second-order valence-corrected chi connectivity index (χ2v) is 8.30. The lowest BCUT2D eigenvalue weighted by Crippen LogP contribution is -2.11. The second kappa shape index (κ2) is 8.01. The maximum Gasteiger partial charge on any atom is 0.249 e. The predicted molar refractivity (Wildman–Crippen MR) is 130 cm³/mol. The molecule has 5 rings (SSSR count). The molecular formula is C27H18ClN3O2. The summed E-state index contributed by atoms with van der Waals surface area (Å²) < 4.78 is 2.03. The van der Waals surface area contributed by atoms with Gasteiger partial charge in [0.05, 0.1) is 28.1 Å². The van der Waals surface area contributed by atoms with Gasteiger partial charge in [-0.2, -0.15) is 5.26 Å². The number of fused-ring (bicyclic) bond motifs is 3. The van der Waals surface area contributed by atoms with Gasteiger partial charge in [-0.25, -0.2) is 0 Å². The fourth-order valence-electron chi connectivity index (χ4n) is 4.34. The van der Waals surface area contributed by atoms with Gasteiger partial charge in [0.25, 0.3) is 0 Å². The number of hydrogen-bond acceptors (Lipinski definition) is 3. The Morgan fingerprint density at radius 1 is 0.939 bits per heavy atom. The number of aromatic nitrogens is 1. The summed E-state index contributed by atoms with van der Waals surface area (Å²) in [5.74, 6) is -0.506. The summed E-state index contributed by atoms with van der Waals surface area (Å²) in [6.07, 6.45) is 0. The summed E-state index contributed by atoms with van der Waals surface area (Å²) in [4.78, 5) is 12.2. The summed E-state index contributed by atoms with van der Waals surface area (Å²) in [5.41, 5.74) is 10.7. The zero-order valence-corrected chi connectivity index (χ0v) is 18.2. The van der Waals surface area contributed by atoms with E-state index in [0.717, 1.165) is 27.7 Å². The van der Waals surface area contributed by atoms with Crippen LogP contribution in [0.4, 0.5) is 0 Å². The van der Waals surface area contributed by atoms with Crippen molar-refractivity contribution in [1.82, 2.24) is 4.57 Å². The molecule has 160 valence electrons. The lowest BCUT2D eigenvalue weighted by molar-refractivity contribution is 0.100. The smallest absolute Gasteiger partial charge is 0.249 e. The Bertz CT molecular complexity index is 1590. The maximum absolute atomic E-state index is 12.2. The molecule has 0 aliphatic heterocycles. The Balaban J connectivity index is 1.83. The number of phenols is 1. The molecule has 0 unspecified atom stereocenters. The number of nitriles is 1. The van der Waals surface area contributed by atoms with Gasteiger partial charge in [0.1, 0.15) is 5.75 Å². The minimum atomic E-state index is -0.563. The Kier molecular flexibility index (Phi) is 5.01. The first-order chi connectivity index (χ1) is 16.0. The highest BCUT2D eigenvalue weighted by atomic mass is 35.5. The number of phenolic OH excluding ortho intramolecular Hbond substituents is 1. The van der Waals surface area contributed by atoms with Crippen LogP contribution in [0.1, 0.15) is 21.5 Å². The number of nitrogens with zero attached hydrogens (tertiary/aromatic N) is 2. The largest absolute Gasteiger partial charge is 0.507 e. The fraction of sp³-hybridized carbons (Fsp3) is 0.0370. The van der Waals surface area contributed by atoms with Gasteiger partial charge in [0.15, 0.2) is 0 Å². The number of carbonyl (C=O) groups excluding carboxylic acids is 1. The standard InChI is InChI=1S/C27H18ClN3O2/c28-20-9-7-18(8-10-20)19-12-23-26(24(32)13-19)25-21(27(30)33)5-2-6-22(25)31(23)15-17-4-1-3-16(11-17)14-29/h1-13,32H,15H2,(H2,30,33). The SMILES string of the molecule is N#Cc1cccc(Cn2c3cc(-c4ccc(Cl)cc4)cc(O)c3c3c(C(N)=O)cccc32)c1. The molecule has 0 radical (unpaired) electrons. The van der Waals surface area contributed by atoms with E-state index in [9.17, 15) is 15.2 Å². The predicted octanol–water partition coefficient (Wildman–Crippen LogP) is 5.84. The second-order valence-electron chi connectivity index (χ2n) is 7.86. The van der Waals surface area contributed by atoms with E-state index >= 15 is 0 Å². The Labute approximate surface area is 194 Å². The summed E-state index contributed by atoms with van der Waals surface area (Å²) in [7, 11) is 0. The summed E-state index contributed by atoms with van der Waals surface area (Å²) in [5, 5.41) is 22.2. The molecule has 0 saturated carbocycles. The molecule has 0 atom stereocenters. The van der Waals surface area contributed by atoms with E-state index in [4.69, 9.17) is 17.3 Å². The molecule has 1 aromatic heterocycles. The van der Waals surface area contributed by atoms with Gasteiger partial charge in [-0.15, -0.1) is 0 Å². The van der Waals surface area contributed by atoms with Crippen molar-refractivity contribution in [2.45, 2.75) is 6.54 Å². The lowest BCUT2D eigenvalue weighted by Gasteiger charge is -2.10. The van der Waals surface area contributed by atoms with Crippen LogP contribution in [0.2, 0.25) is 5.02 Å². The van der Waals surface area contributed by atoms with Crippen LogP contribution < -0.4 is 5.73 Å². The first-order valence-electron chi connectivity index (χ1n) is 10.3. The molecule has 0 bridgehead atoms. The van der Waals surface area contributed by atoms with Gasteiger partial charge >= 0.3 is 0 Å². The Morgan fingerprint density at radius 2 is 1.70 bits per heavy atom. The summed E-state index contributed by atoms with van der Waals surface area (Å²) in [6, 6.07) is 25.9. The molecule has 1 amide bonds. The Morgan fingerprint density at radius 3 is 2.42 bits per heavy atom. The molecule has 1 heterocycles. The first kappa shape index (κ1) is 20.6. The van der Waals surface area contributed by atoms with Gasteiger partial charge in [0.2, 0.25) is 5.91 Å². The van der Waals surface area contributed by atoms with Crippen molar-refractivity contribution in [2.75, 3.05) is 0 Å². The van der Waals surface area contributed by atoms with Gasteiger partial charge in [-0.3, -0.25) is 4.79 Å². The van der Waals surface area contributed by atoms with Crippen molar-refractivity contribution in [1.29, 1.82) is 5.26 Å². The van der Waals surface area contributed by atoms with Crippen LogP contribution in [-0.4, -0.2) is 15.6 Å². The molecule has 4 aromatic carbocycles. The lowest BCUT2D eigenvalue weighted by atomic mass is 10.0. The highest BCUT2D eigenvalue weighted by Gasteiger charge is 2.20. The zero-order valence-electron chi connectivity index (χ0n) is 17.4. The maximum atomic E-state index is 12.2. The first-order valence-corrected chi connectivity index (χ1v) is 10.7. The van der Waals surface area contributed by atoms with Crippen LogP contribution >= 0.6 is 11.6 Å². The number of halogens is 1. The molecule has 0 saturated heterocycles. The third kappa shape index (κ3) is 3.57. The van der Waals surface area contributed by atoms with Crippen molar-refractivity contribution in [3.63, 3.8) is 0 Å². The minimum absolute atomic E-state index is 0.0562. The van der Waals surface area contributed by atoms with Crippen LogP contribution in [0.5, 0.6) is 5.75 Å². The molecule has 5 nitrogen and oxygen atoms in total. The fourth-order valence-corrected chi connectivity index (χ4v) is 4.47. The Hall–Kier alpha value is -4.27. The minimum Gasteiger partial charge on any atom is -0.507 e. The van der Waals surface area contributed by atoms with E-state index in [0.29, 0.717) is 33.5 Å². The van der Waals surface area contributed by atoms with Crippen molar-refractivity contribution in [3.05, 3.63) is 101 Å². The third-order valence-corrected chi connectivity index (χ3v) is 6.06. The summed E-state index contributed by atoms with van der Waals surface area (Å²) >= 11 is 6.05. The van der Waals surface area contributed by atoms with Crippen LogP contribution in [0, 0.1) is 11.3 Å². The third-order valence-electron chi connectivity index (χ3n) is 5.81. The van der Waals surface area contributed by atoms with Crippen LogP contribution in [-0.2, 0) is 6.54 Å². The number of nitrogens with two attached hydrogens (primary N) is 1. The van der Waals surface area contributed by atoms with E-state index in [-0.39, 0.29) is 5.75 Å². The quantitative estimate of drug-likeness (QED) is 0.359. The average molecular weight is 452 g/mol. The molecule has 6 heteroatoms. The van der Waals surface area contributed by atoms with Crippen molar-refractivity contribution in [3.8, 4) is 22.9 Å². The van der Waals surface area contributed by atoms with E-state index in [1.54, 1.807) is 36.4 Å². The number of hydrogen-bond donors (Lipinski definition) is 2. The van der Waals surface area contributed by atoms with E-state index in [2.05, 4.69) is 6.07 Å². The molecule has 5 aromatic rings.